The Morgan fingerprint density at radius 2 is 1.82 bits per heavy atom. The molecule has 1 aromatic carbocycles. The number of carbonyl (C=O) groups excluding carboxylic acids is 1. The van der Waals surface area contributed by atoms with Crippen molar-refractivity contribution in [2.75, 3.05) is 6.23 Å². The van der Waals surface area contributed by atoms with Crippen molar-refractivity contribution in [1.82, 2.24) is 0 Å². The largest absolute Gasteiger partial charge is 0.470 e. The monoisotopic (exact) mass is 248 g/mol. The van der Waals surface area contributed by atoms with Crippen LogP contribution in [0.1, 0.15) is 12.5 Å². The zero-order valence-corrected chi connectivity index (χ0v) is 12.0. The quantitative estimate of drug-likeness (QED) is 0.457. The molecule has 92 valence electrons. The summed E-state index contributed by atoms with van der Waals surface area (Å²) >= 11 is 0. The van der Waals surface area contributed by atoms with Crippen LogP contribution < -0.4 is 0 Å². The Hall–Kier alpha value is -1.53. The van der Waals surface area contributed by atoms with Crippen LogP contribution in [0.25, 0.3) is 0 Å². The van der Waals surface area contributed by atoms with E-state index in [1.54, 1.807) is 0 Å². The summed E-state index contributed by atoms with van der Waals surface area (Å²) in [6.07, 6.45) is 5.74. The van der Waals surface area contributed by atoms with E-state index < -0.39 is 8.07 Å². The first-order valence-corrected chi connectivity index (χ1v) is 9.21. The second-order valence-electron chi connectivity index (χ2n) is 4.85. The van der Waals surface area contributed by atoms with Gasteiger partial charge in [-0.25, -0.2) is 0 Å². The minimum Gasteiger partial charge on any atom is -0.470 e. The van der Waals surface area contributed by atoms with Crippen molar-refractivity contribution in [1.29, 1.82) is 0 Å². The third kappa shape index (κ3) is 10.7. The molecule has 0 N–H and O–H groups in total. The molecule has 3 heteroatoms. The zero-order valence-electron chi connectivity index (χ0n) is 11.0. The van der Waals surface area contributed by atoms with Crippen LogP contribution >= 0.6 is 0 Å². The second kappa shape index (κ2) is 7.69. The van der Waals surface area contributed by atoms with Gasteiger partial charge in [-0.3, -0.25) is 4.79 Å². The van der Waals surface area contributed by atoms with Gasteiger partial charge in [0.05, 0.1) is 14.3 Å². The van der Waals surface area contributed by atoms with Gasteiger partial charge in [0.25, 0.3) is 0 Å². The van der Waals surface area contributed by atoms with Crippen molar-refractivity contribution in [3.63, 3.8) is 0 Å². The first-order chi connectivity index (χ1) is 7.85. The van der Waals surface area contributed by atoms with Gasteiger partial charge in [-0.05, 0) is 12.1 Å². The zero-order chi connectivity index (χ0) is 13.3. The van der Waals surface area contributed by atoms with Gasteiger partial charge in [0, 0.05) is 12.5 Å². The van der Waals surface area contributed by atoms with Crippen LogP contribution in [0.2, 0.25) is 19.6 Å². The molecule has 1 aromatic rings. The van der Waals surface area contributed by atoms with Crippen LogP contribution in [0.5, 0.6) is 0 Å². The first-order valence-electron chi connectivity index (χ1n) is 5.50. The first kappa shape index (κ1) is 15.5. The lowest BCUT2D eigenvalue weighted by molar-refractivity contribution is -0.139. The summed E-state index contributed by atoms with van der Waals surface area (Å²) in [7, 11) is -1.16. The van der Waals surface area contributed by atoms with E-state index in [2.05, 4.69) is 25.6 Å². The van der Waals surface area contributed by atoms with E-state index >= 15 is 0 Å². The molecule has 0 radical (unpaired) electrons. The summed E-state index contributed by atoms with van der Waals surface area (Å²) in [5, 5.41) is 0. The number of ether oxygens (including phenoxy) is 1. The van der Waals surface area contributed by atoms with Gasteiger partial charge in [-0.1, -0.05) is 43.8 Å². The molecule has 17 heavy (non-hydrogen) atoms. The Morgan fingerprint density at radius 3 is 2.06 bits per heavy atom. The average Bonchev–Trinajstić information content (AvgIpc) is 2.27. The fourth-order valence-electron chi connectivity index (χ4n) is 0.853. The molecule has 0 aliphatic carbocycles. The topological polar surface area (TPSA) is 26.3 Å². The van der Waals surface area contributed by atoms with Crippen molar-refractivity contribution in [2.24, 2.45) is 0 Å². The van der Waals surface area contributed by atoms with Gasteiger partial charge in [0.1, 0.15) is 0 Å². The van der Waals surface area contributed by atoms with Crippen LogP contribution in [0, 0.1) is 12.3 Å². The lowest BCUT2D eigenvalue weighted by Gasteiger charge is -2.13. The predicted octanol–water partition coefficient (Wildman–Crippen LogP) is 3.09. The van der Waals surface area contributed by atoms with E-state index in [4.69, 9.17) is 11.2 Å². The van der Waals surface area contributed by atoms with Gasteiger partial charge in [-0.2, -0.15) is 0 Å². The molecule has 0 saturated carbocycles. The number of benzene rings is 1. The molecule has 0 aliphatic rings. The van der Waals surface area contributed by atoms with Crippen LogP contribution in [0.3, 0.4) is 0 Å². The molecular formula is C14H20O2Si. The number of esters is 1. The van der Waals surface area contributed by atoms with Crippen molar-refractivity contribution < 1.29 is 9.53 Å². The standard InChI is InChI=1S/C8H6.C6H14O2Si/c1-2-8-6-4-3-5-7-8;1-6(7)8-5-9(2,3)4/h1,3-7H;5H2,1-4H3. The Morgan fingerprint density at radius 1 is 1.29 bits per heavy atom. The Bertz CT molecular complexity index is 371. The summed E-state index contributed by atoms with van der Waals surface area (Å²) in [5.41, 5.74) is 0.938. The Balaban J connectivity index is 0.000000302. The molecule has 0 saturated heterocycles. The molecule has 0 spiro atoms. The van der Waals surface area contributed by atoms with E-state index in [9.17, 15) is 4.79 Å². The number of terminal acetylenes is 1. The van der Waals surface area contributed by atoms with E-state index in [-0.39, 0.29) is 5.97 Å². The summed E-state index contributed by atoms with van der Waals surface area (Å²) in [6.45, 7) is 7.93. The molecular weight excluding hydrogens is 228 g/mol. The molecule has 0 heterocycles. The SMILES string of the molecule is C#Cc1ccccc1.CC(=O)OC[Si](C)(C)C. The predicted molar refractivity (Wildman–Crippen MR) is 74.4 cm³/mol. The molecule has 1 rings (SSSR count). The number of rotatable bonds is 2. The van der Waals surface area contributed by atoms with Gasteiger partial charge in [0.15, 0.2) is 0 Å². The van der Waals surface area contributed by atoms with Crippen LogP contribution in [0.4, 0.5) is 0 Å². The normalized spacial score (nSPS) is 9.59. The average molecular weight is 248 g/mol. The third-order valence-corrected chi connectivity index (χ3v) is 2.66. The number of hydrogen-bond acceptors (Lipinski definition) is 2. The number of carbonyl (C=O) groups is 1. The van der Waals surface area contributed by atoms with Crippen molar-refractivity contribution in [3.8, 4) is 12.3 Å². The molecule has 0 fully saturated rings. The lowest BCUT2D eigenvalue weighted by Crippen LogP contribution is -2.29. The lowest BCUT2D eigenvalue weighted by atomic mass is 10.2. The maximum absolute atomic E-state index is 10.3. The van der Waals surface area contributed by atoms with Crippen molar-refractivity contribution in [2.45, 2.75) is 26.6 Å². The van der Waals surface area contributed by atoms with E-state index in [0.29, 0.717) is 6.23 Å². The van der Waals surface area contributed by atoms with Crippen molar-refractivity contribution >= 4 is 14.0 Å². The third-order valence-electron chi connectivity index (χ3n) is 1.65. The summed E-state index contributed by atoms with van der Waals surface area (Å²) in [5.74, 6) is 2.36. The summed E-state index contributed by atoms with van der Waals surface area (Å²) in [6, 6.07) is 9.60. The molecule has 0 atom stereocenters. The molecule has 0 aliphatic heterocycles. The molecule has 0 unspecified atom stereocenters. The fourth-order valence-corrected chi connectivity index (χ4v) is 1.49. The highest BCUT2D eigenvalue weighted by atomic mass is 28.3. The van der Waals surface area contributed by atoms with Crippen LogP contribution in [-0.2, 0) is 9.53 Å². The summed E-state index contributed by atoms with van der Waals surface area (Å²) in [4.78, 5) is 10.3. The van der Waals surface area contributed by atoms with E-state index in [1.165, 1.54) is 6.92 Å². The molecule has 0 aromatic heterocycles. The van der Waals surface area contributed by atoms with Crippen molar-refractivity contribution in [3.05, 3.63) is 35.9 Å². The smallest absolute Gasteiger partial charge is 0.302 e. The molecule has 2 nitrogen and oxygen atoms in total. The van der Waals surface area contributed by atoms with Gasteiger partial charge < -0.3 is 4.74 Å². The van der Waals surface area contributed by atoms with Gasteiger partial charge >= 0.3 is 5.97 Å². The van der Waals surface area contributed by atoms with E-state index in [0.717, 1.165) is 5.56 Å². The van der Waals surface area contributed by atoms with Crippen LogP contribution in [0.15, 0.2) is 30.3 Å². The minimum absolute atomic E-state index is 0.169. The Kier molecular flexibility index (Phi) is 7.00. The molecule has 0 amide bonds. The highest BCUT2D eigenvalue weighted by Gasteiger charge is 2.14. The highest BCUT2D eigenvalue weighted by Crippen LogP contribution is 1.99. The Labute approximate surface area is 105 Å². The van der Waals surface area contributed by atoms with Gasteiger partial charge in [0.2, 0.25) is 0 Å². The van der Waals surface area contributed by atoms with Crippen LogP contribution in [-0.4, -0.2) is 20.3 Å². The summed E-state index contributed by atoms with van der Waals surface area (Å²) < 4.78 is 4.83. The highest BCUT2D eigenvalue weighted by molar-refractivity contribution is 6.76. The fraction of sp³-hybridized carbons (Fsp3) is 0.357. The number of hydrogen-bond donors (Lipinski definition) is 0. The minimum atomic E-state index is -1.16. The van der Waals surface area contributed by atoms with Gasteiger partial charge in [-0.15, -0.1) is 6.42 Å². The second-order valence-corrected chi connectivity index (χ2v) is 10.3. The molecule has 0 bridgehead atoms. The maximum atomic E-state index is 10.3. The maximum Gasteiger partial charge on any atom is 0.302 e. The van der Waals surface area contributed by atoms with E-state index in [1.807, 2.05) is 30.3 Å².